The molecule has 1 fully saturated rings. The van der Waals surface area contributed by atoms with Gasteiger partial charge in [0.25, 0.3) is 0 Å². The molecule has 1 aliphatic rings. The van der Waals surface area contributed by atoms with Gasteiger partial charge >= 0.3 is 11.7 Å². The van der Waals surface area contributed by atoms with E-state index in [1.807, 2.05) is 0 Å². The van der Waals surface area contributed by atoms with Crippen LogP contribution < -0.4 is 5.69 Å². The summed E-state index contributed by atoms with van der Waals surface area (Å²) < 4.78 is 2.72. The van der Waals surface area contributed by atoms with Gasteiger partial charge in [-0.1, -0.05) is 6.07 Å². The Labute approximate surface area is 131 Å². The number of piperidine rings is 1. The van der Waals surface area contributed by atoms with E-state index in [1.165, 1.54) is 9.08 Å². The van der Waals surface area contributed by atoms with Crippen LogP contribution in [0.2, 0.25) is 0 Å². The third-order valence-corrected chi connectivity index (χ3v) is 4.22. The van der Waals surface area contributed by atoms with Crippen LogP contribution in [0.3, 0.4) is 0 Å². The molecule has 0 aliphatic carbocycles. The number of pyridine rings is 1. The van der Waals surface area contributed by atoms with Gasteiger partial charge in [0, 0.05) is 25.7 Å². The molecule has 0 spiro atoms. The lowest BCUT2D eigenvalue weighted by atomic mass is 9.97. The Balaban J connectivity index is 1.60. The maximum Gasteiger partial charge on any atom is 0.350 e. The minimum atomic E-state index is -0.798. The van der Waals surface area contributed by atoms with Crippen LogP contribution in [0.4, 0.5) is 0 Å². The first-order valence-corrected chi connectivity index (χ1v) is 7.61. The van der Waals surface area contributed by atoms with Gasteiger partial charge in [-0.05, 0) is 25.0 Å². The highest BCUT2D eigenvalue weighted by atomic mass is 16.4. The van der Waals surface area contributed by atoms with Gasteiger partial charge in [-0.2, -0.15) is 0 Å². The van der Waals surface area contributed by atoms with Gasteiger partial charge in [-0.25, -0.2) is 9.48 Å². The molecule has 0 aromatic carbocycles. The van der Waals surface area contributed by atoms with Crippen molar-refractivity contribution >= 4 is 17.5 Å². The molecule has 2 aromatic rings. The molecule has 3 heterocycles. The molecular formula is C15H18N4O4. The predicted molar refractivity (Wildman–Crippen MR) is 81.0 cm³/mol. The van der Waals surface area contributed by atoms with Gasteiger partial charge in [-0.3, -0.25) is 14.0 Å². The number of fused-ring (bicyclic) bond motifs is 1. The maximum absolute atomic E-state index is 12.2. The summed E-state index contributed by atoms with van der Waals surface area (Å²) in [6.45, 7) is 1.13. The summed E-state index contributed by atoms with van der Waals surface area (Å²) in [6.07, 6.45) is 2.78. The molecule has 8 nitrogen and oxygen atoms in total. The van der Waals surface area contributed by atoms with Crippen LogP contribution in [0.5, 0.6) is 0 Å². The number of aromatic nitrogens is 3. The third-order valence-electron chi connectivity index (χ3n) is 4.22. The summed E-state index contributed by atoms with van der Waals surface area (Å²) in [6, 6.07) is 5.28. The fraction of sp³-hybridized carbons (Fsp3) is 0.467. The summed E-state index contributed by atoms with van der Waals surface area (Å²) >= 11 is 0. The van der Waals surface area contributed by atoms with Crippen molar-refractivity contribution in [3.63, 3.8) is 0 Å². The average Bonchev–Trinajstić information content (AvgIpc) is 2.89. The second kappa shape index (κ2) is 6.23. The van der Waals surface area contributed by atoms with Gasteiger partial charge in [0.05, 0.1) is 12.5 Å². The number of carbonyl (C=O) groups is 2. The second-order valence-electron chi connectivity index (χ2n) is 5.68. The number of aryl methyl sites for hydroxylation is 1. The quantitative estimate of drug-likeness (QED) is 0.869. The molecular weight excluding hydrogens is 300 g/mol. The molecule has 1 N–H and O–H groups in total. The minimum Gasteiger partial charge on any atom is -0.481 e. The molecule has 122 valence electrons. The number of amides is 1. The van der Waals surface area contributed by atoms with Crippen molar-refractivity contribution in [2.24, 2.45) is 5.92 Å². The van der Waals surface area contributed by atoms with Crippen molar-refractivity contribution in [2.45, 2.75) is 25.8 Å². The average molecular weight is 318 g/mol. The number of aliphatic carboxylic acids is 1. The first-order valence-electron chi connectivity index (χ1n) is 7.61. The smallest absolute Gasteiger partial charge is 0.350 e. The number of hydrogen-bond donors (Lipinski definition) is 1. The molecule has 2 aromatic heterocycles. The van der Waals surface area contributed by atoms with Gasteiger partial charge < -0.3 is 10.0 Å². The first kappa shape index (κ1) is 15.3. The molecule has 1 aliphatic heterocycles. The summed E-state index contributed by atoms with van der Waals surface area (Å²) in [7, 11) is 0. The number of carboxylic acid groups (broad SMARTS) is 1. The lowest BCUT2D eigenvalue weighted by Crippen LogP contribution is -2.40. The number of likely N-dealkylation sites (tertiary alicyclic amines) is 1. The summed E-state index contributed by atoms with van der Waals surface area (Å²) in [5.41, 5.74) is 0.283. The highest BCUT2D eigenvalue weighted by Crippen LogP contribution is 2.17. The van der Waals surface area contributed by atoms with Crippen LogP contribution >= 0.6 is 0 Å². The van der Waals surface area contributed by atoms with E-state index in [1.54, 1.807) is 29.3 Å². The molecule has 0 unspecified atom stereocenters. The molecule has 1 amide bonds. The van der Waals surface area contributed by atoms with E-state index in [2.05, 4.69) is 5.10 Å². The molecule has 0 bridgehead atoms. The Hall–Kier alpha value is -2.64. The van der Waals surface area contributed by atoms with Crippen molar-refractivity contribution < 1.29 is 14.7 Å². The van der Waals surface area contributed by atoms with Gasteiger partial charge in [0.2, 0.25) is 5.91 Å². The minimum absolute atomic E-state index is 0.0715. The van der Waals surface area contributed by atoms with E-state index < -0.39 is 5.97 Å². The molecule has 3 rings (SSSR count). The molecule has 1 saturated heterocycles. The van der Waals surface area contributed by atoms with Crippen LogP contribution in [-0.4, -0.2) is 49.2 Å². The van der Waals surface area contributed by atoms with Crippen LogP contribution in [0, 0.1) is 5.92 Å². The van der Waals surface area contributed by atoms with E-state index in [9.17, 15) is 14.4 Å². The van der Waals surface area contributed by atoms with E-state index in [0.29, 0.717) is 31.6 Å². The van der Waals surface area contributed by atoms with Crippen molar-refractivity contribution in [1.82, 2.24) is 19.1 Å². The maximum atomic E-state index is 12.2. The monoisotopic (exact) mass is 318 g/mol. The Bertz CT molecular complexity index is 786. The van der Waals surface area contributed by atoms with Crippen molar-refractivity contribution in [3.05, 3.63) is 34.9 Å². The van der Waals surface area contributed by atoms with Crippen LogP contribution in [0.1, 0.15) is 19.3 Å². The highest BCUT2D eigenvalue weighted by Gasteiger charge is 2.26. The fourth-order valence-corrected chi connectivity index (χ4v) is 2.85. The number of carboxylic acids is 1. The number of hydrogen-bond acceptors (Lipinski definition) is 4. The summed E-state index contributed by atoms with van der Waals surface area (Å²) in [5.74, 6) is -1.23. The van der Waals surface area contributed by atoms with Crippen molar-refractivity contribution in [1.29, 1.82) is 0 Å². The summed E-state index contributed by atoms with van der Waals surface area (Å²) in [5, 5.41) is 13.1. The number of nitrogens with zero attached hydrogens (tertiary/aromatic N) is 4. The zero-order valence-corrected chi connectivity index (χ0v) is 12.6. The van der Waals surface area contributed by atoms with E-state index >= 15 is 0 Å². The Morgan fingerprint density at radius 1 is 1.26 bits per heavy atom. The van der Waals surface area contributed by atoms with Gasteiger partial charge in [0.1, 0.15) is 0 Å². The second-order valence-corrected chi connectivity index (χ2v) is 5.68. The highest BCUT2D eigenvalue weighted by molar-refractivity contribution is 5.77. The SMILES string of the molecule is O=C(O)C1CCN(C(=O)CCn2nc3ccccn3c2=O)CC1. The van der Waals surface area contributed by atoms with Crippen LogP contribution in [-0.2, 0) is 16.1 Å². The molecule has 0 saturated carbocycles. The van der Waals surface area contributed by atoms with Crippen LogP contribution in [0.15, 0.2) is 29.2 Å². The van der Waals surface area contributed by atoms with Crippen LogP contribution in [0.25, 0.3) is 5.65 Å². The van der Waals surface area contributed by atoms with E-state index in [0.717, 1.165) is 0 Å². The van der Waals surface area contributed by atoms with Crippen molar-refractivity contribution in [3.8, 4) is 0 Å². The predicted octanol–water partition coefficient (Wildman–Crippen LogP) is 0.209. The zero-order valence-electron chi connectivity index (χ0n) is 12.6. The Kier molecular flexibility index (Phi) is 4.14. The molecule has 23 heavy (non-hydrogen) atoms. The van der Waals surface area contributed by atoms with E-state index in [4.69, 9.17) is 5.11 Å². The first-order chi connectivity index (χ1) is 11.1. The lowest BCUT2D eigenvalue weighted by molar-refractivity contribution is -0.145. The van der Waals surface area contributed by atoms with E-state index in [-0.39, 0.29) is 30.5 Å². The zero-order chi connectivity index (χ0) is 16.4. The topological polar surface area (TPSA) is 96.9 Å². The van der Waals surface area contributed by atoms with Crippen molar-refractivity contribution in [2.75, 3.05) is 13.1 Å². The Morgan fingerprint density at radius 2 is 2.00 bits per heavy atom. The van der Waals surface area contributed by atoms with Gasteiger partial charge in [0.15, 0.2) is 5.65 Å². The fourth-order valence-electron chi connectivity index (χ4n) is 2.85. The number of carbonyl (C=O) groups excluding carboxylic acids is 1. The normalized spacial score (nSPS) is 15.9. The Morgan fingerprint density at radius 3 is 2.65 bits per heavy atom. The van der Waals surface area contributed by atoms with Gasteiger partial charge in [-0.15, -0.1) is 5.10 Å². The molecule has 0 radical (unpaired) electrons. The largest absolute Gasteiger partial charge is 0.481 e. The lowest BCUT2D eigenvalue weighted by Gasteiger charge is -2.30. The molecule has 8 heteroatoms. The number of rotatable bonds is 4. The molecule has 0 atom stereocenters. The summed E-state index contributed by atoms with van der Waals surface area (Å²) in [4.78, 5) is 36.9. The third kappa shape index (κ3) is 3.10. The standard InChI is InChI=1S/C15H18N4O4/c20-13(17-8-4-11(5-9-17)14(21)22)6-10-19-15(23)18-7-2-1-3-12(18)16-19/h1-3,7,11H,4-6,8-10H2,(H,21,22).